The smallest absolute Gasteiger partial charge is 0.378 e. The molecule has 4 heterocycles. The Morgan fingerprint density at radius 1 is 1.25 bits per heavy atom. The second-order valence-electron chi connectivity index (χ2n) is 8.20. The third-order valence-corrected chi connectivity index (χ3v) is 7.42. The van der Waals surface area contributed by atoms with Crippen LogP contribution in [0.1, 0.15) is 12.5 Å². The van der Waals surface area contributed by atoms with Crippen LogP contribution in [0, 0.1) is 0 Å². The number of benzene rings is 1. The summed E-state index contributed by atoms with van der Waals surface area (Å²) in [5, 5.41) is 3.16. The minimum atomic E-state index is -4.57. The van der Waals surface area contributed by atoms with E-state index in [2.05, 4.69) is 4.98 Å². The van der Waals surface area contributed by atoms with Crippen LogP contribution in [0.3, 0.4) is 0 Å². The molecule has 3 aromatic rings. The number of nitrogens with zero attached hydrogens (tertiary/aromatic N) is 4. The largest absolute Gasteiger partial charge is 0.413 e. The maximum atomic E-state index is 14.3. The van der Waals surface area contributed by atoms with E-state index in [4.69, 9.17) is 16.3 Å². The molecule has 170 valence electrons. The molecular weight excluding hydrogens is 465 g/mol. The van der Waals surface area contributed by atoms with Crippen molar-refractivity contribution in [3.63, 3.8) is 0 Å². The molecule has 0 spiro atoms. The zero-order valence-corrected chi connectivity index (χ0v) is 18.7. The molecule has 1 aromatic carbocycles. The van der Waals surface area contributed by atoms with Crippen LogP contribution in [0.2, 0.25) is 5.02 Å². The molecular formula is C21H20ClF3N4O2S. The number of ether oxygens (including phenoxy) is 1. The normalized spacial score (nSPS) is 21.4. The van der Waals surface area contributed by atoms with Crippen LogP contribution >= 0.6 is 22.9 Å². The van der Waals surface area contributed by atoms with Crippen molar-refractivity contribution in [1.29, 1.82) is 0 Å². The van der Waals surface area contributed by atoms with Gasteiger partial charge >= 0.3 is 6.18 Å². The van der Waals surface area contributed by atoms with Gasteiger partial charge in [0.2, 0.25) is 5.95 Å². The summed E-state index contributed by atoms with van der Waals surface area (Å²) >= 11 is 7.59. The third kappa shape index (κ3) is 3.45. The molecule has 0 aliphatic carbocycles. The maximum Gasteiger partial charge on any atom is 0.413 e. The van der Waals surface area contributed by atoms with Gasteiger partial charge in [0, 0.05) is 35.4 Å². The van der Waals surface area contributed by atoms with Crippen LogP contribution in [0.15, 0.2) is 34.4 Å². The lowest BCUT2D eigenvalue weighted by atomic mass is 10.00. The molecule has 0 saturated carbocycles. The molecule has 0 N–H and O–H groups in total. The molecule has 6 nitrogen and oxygen atoms in total. The van der Waals surface area contributed by atoms with Crippen LogP contribution in [0.4, 0.5) is 24.9 Å². The average molecular weight is 485 g/mol. The molecule has 2 aliphatic rings. The lowest BCUT2D eigenvalue weighted by Crippen LogP contribution is -2.55. The van der Waals surface area contributed by atoms with E-state index in [9.17, 15) is 18.0 Å². The second-order valence-corrected chi connectivity index (χ2v) is 9.54. The Balaban J connectivity index is 1.62. The molecule has 1 atom stereocenters. The maximum absolute atomic E-state index is 14.3. The Morgan fingerprint density at radius 2 is 2.00 bits per heavy atom. The number of hydrogen-bond donors (Lipinski definition) is 0. The van der Waals surface area contributed by atoms with Crippen molar-refractivity contribution in [2.75, 3.05) is 36.1 Å². The summed E-state index contributed by atoms with van der Waals surface area (Å²) in [6, 6.07) is 6.68. The Kier molecular flexibility index (Phi) is 5.14. The van der Waals surface area contributed by atoms with Gasteiger partial charge in [0.25, 0.3) is 5.56 Å². The van der Waals surface area contributed by atoms with Gasteiger partial charge in [-0.15, -0.1) is 11.3 Å². The van der Waals surface area contributed by atoms with Gasteiger partial charge in [0.15, 0.2) is 5.54 Å². The Bertz CT molecular complexity index is 1240. The van der Waals surface area contributed by atoms with Crippen LogP contribution in [-0.2, 0) is 17.8 Å². The number of alkyl halides is 3. The van der Waals surface area contributed by atoms with Gasteiger partial charge < -0.3 is 14.5 Å². The summed E-state index contributed by atoms with van der Waals surface area (Å²) in [4.78, 5) is 20.5. The molecule has 5 rings (SSSR count). The highest BCUT2D eigenvalue weighted by molar-refractivity contribution is 7.17. The molecule has 0 unspecified atom stereocenters. The highest BCUT2D eigenvalue weighted by atomic mass is 35.5. The fourth-order valence-corrected chi connectivity index (χ4v) is 5.35. The van der Waals surface area contributed by atoms with Crippen molar-refractivity contribution < 1.29 is 17.9 Å². The standard InChI is InChI=1S/C21H20ClF3N4O2S/c1-20(21(23,24)25)12-28-18(30)9-17(27-4-6-31-7-5-27)26-19(28)29(20)10-13-11-32-16-3-2-14(22)8-15(13)16/h2-3,8-9,11H,4-7,10,12H2,1H3/t20-/m0/s1. The molecule has 2 aromatic heterocycles. The van der Waals surface area contributed by atoms with Crippen LogP contribution in [0.25, 0.3) is 10.1 Å². The predicted molar refractivity (Wildman–Crippen MR) is 119 cm³/mol. The molecule has 0 radical (unpaired) electrons. The van der Waals surface area contributed by atoms with Crippen LogP contribution in [-0.4, -0.2) is 47.6 Å². The highest BCUT2D eigenvalue weighted by Gasteiger charge is 2.60. The van der Waals surface area contributed by atoms with Crippen molar-refractivity contribution in [1.82, 2.24) is 9.55 Å². The first-order valence-electron chi connectivity index (χ1n) is 10.1. The van der Waals surface area contributed by atoms with E-state index < -0.39 is 23.8 Å². The van der Waals surface area contributed by atoms with Crippen molar-refractivity contribution in [2.45, 2.75) is 31.7 Å². The number of thiophene rings is 1. The zero-order chi connectivity index (χ0) is 22.7. The Morgan fingerprint density at radius 3 is 2.72 bits per heavy atom. The first kappa shape index (κ1) is 21.5. The van der Waals surface area contributed by atoms with E-state index in [1.165, 1.54) is 22.3 Å². The summed E-state index contributed by atoms with van der Waals surface area (Å²) < 4.78 is 50.4. The van der Waals surface area contributed by atoms with Crippen molar-refractivity contribution in [3.8, 4) is 0 Å². The van der Waals surface area contributed by atoms with E-state index in [-0.39, 0.29) is 12.5 Å². The lowest BCUT2D eigenvalue weighted by Gasteiger charge is -2.37. The Hall–Kier alpha value is -2.30. The number of rotatable bonds is 3. The van der Waals surface area contributed by atoms with Gasteiger partial charge in [-0.3, -0.25) is 9.36 Å². The zero-order valence-electron chi connectivity index (χ0n) is 17.2. The number of hydrogen-bond acceptors (Lipinski definition) is 6. The van der Waals surface area contributed by atoms with Gasteiger partial charge in [-0.1, -0.05) is 11.6 Å². The molecule has 0 amide bonds. The summed E-state index contributed by atoms with van der Waals surface area (Å²) in [5.74, 6) is 0.402. The van der Waals surface area contributed by atoms with Crippen molar-refractivity contribution in [3.05, 3.63) is 50.6 Å². The summed E-state index contributed by atoms with van der Waals surface area (Å²) in [6.07, 6.45) is -4.57. The molecule has 0 bridgehead atoms. The lowest BCUT2D eigenvalue weighted by molar-refractivity contribution is -0.182. The number of halogens is 4. The van der Waals surface area contributed by atoms with Gasteiger partial charge in [0.05, 0.1) is 19.8 Å². The minimum absolute atomic E-state index is 0.0280. The highest BCUT2D eigenvalue weighted by Crippen LogP contribution is 2.45. The first-order valence-corrected chi connectivity index (χ1v) is 11.4. The summed E-state index contributed by atoms with van der Waals surface area (Å²) in [7, 11) is 0. The minimum Gasteiger partial charge on any atom is -0.378 e. The van der Waals surface area contributed by atoms with Gasteiger partial charge in [-0.05, 0) is 41.5 Å². The fourth-order valence-electron chi connectivity index (χ4n) is 4.24. The number of fused-ring (bicyclic) bond motifs is 2. The third-order valence-electron chi connectivity index (χ3n) is 6.17. The molecule has 2 aliphatic heterocycles. The Labute approximate surface area is 190 Å². The number of aromatic nitrogens is 2. The van der Waals surface area contributed by atoms with Crippen molar-refractivity contribution >= 4 is 44.8 Å². The average Bonchev–Trinajstić information content (AvgIpc) is 3.28. The van der Waals surface area contributed by atoms with Gasteiger partial charge in [-0.25, -0.2) is 0 Å². The predicted octanol–water partition coefficient (Wildman–Crippen LogP) is 4.29. The van der Waals surface area contributed by atoms with Crippen molar-refractivity contribution in [2.24, 2.45) is 0 Å². The fraction of sp³-hybridized carbons (Fsp3) is 0.429. The van der Waals surface area contributed by atoms with E-state index in [1.807, 2.05) is 16.3 Å². The van der Waals surface area contributed by atoms with E-state index in [0.717, 1.165) is 21.6 Å². The molecule has 1 fully saturated rings. The van der Waals surface area contributed by atoms with Crippen LogP contribution in [0.5, 0.6) is 0 Å². The number of morpholine rings is 1. The quantitative estimate of drug-likeness (QED) is 0.555. The molecule has 11 heteroatoms. The summed E-state index contributed by atoms with van der Waals surface area (Å²) in [6.45, 7) is 2.58. The van der Waals surface area contributed by atoms with E-state index in [1.54, 1.807) is 12.1 Å². The topological polar surface area (TPSA) is 50.6 Å². The second kappa shape index (κ2) is 7.64. The van der Waals surface area contributed by atoms with E-state index in [0.29, 0.717) is 42.7 Å². The monoisotopic (exact) mass is 484 g/mol. The van der Waals surface area contributed by atoms with Gasteiger partial charge in [-0.2, -0.15) is 18.2 Å². The number of anilines is 2. The van der Waals surface area contributed by atoms with E-state index >= 15 is 0 Å². The SMILES string of the molecule is C[C@@]1(C(F)(F)F)Cn2c(nc(N3CCOCC3)cc2=O)N1Cc1csc2ccc(Cl)cc12. The van der Waals surface area contributed by atoms with Crippen LogP contribution < -0.4 is 15.4 Å². The van der Waals surface area contributed by atoms with Gasteiger partial charge in [0.1, 0.15) is 5.82 Å². The first-order chi connectivity index (χ1) is 15.2. The molecule has 1 saturated heterocycles. The summed E-state index contributed by atoms with van der Waals surface area (Å²) in [5.41, 5.74) is -2.06. The molecule has 32 heavy (non-hydrogen) atoms.